The molecule has 2 aromatic heterocycles. The van der Waals surface area contributed by atoms with Crippen molar-refractivity contribution in [2.24, 2.45) is 4.99 Å². The minimum Gasteiger partial charge on any atom is -0.391 e. The first kappa shape index (κ1) is 18.5. The van der Waals surface area contributed by atoms with Crippen LogP contribution < -0.4 is 0 Å². The molecule has 3 aromatic rings. The van der Waals surface area contributed by atoms with Crippen LogP contribution in [0.2, 0.25) is 5.15 Å². The maximum absolute atomic E-state index is 10.5. The van der Waals surface area contributed by atoms with Gasteiger partial charge in [0.15, 0.2) is 0 Å². The number of rotatable bonds is 3. The van der Waals surface area contributed by atoms with Gasteiger partial charge in [-0.05, 0) is 48.1 Å². The molecule has 1 aromatic carbocycles. The number of benzene rings is 1. The summed E-state index contributed by atoms with van der Waals surface area (Å²) in [7, 11) is 0. The summed E-state index contributed by atoms with van der Waals surface area (Å²) in [6, 6.07) is 8.27. The van der Waals surface area contributed by atoms with Crippen molar-refractivity contribution >= 4 is 34.4 Å². The molecule has 6 heteroatoms. The first-order chi connectivity index (χ1) is 14.2. The molecule has 0 amide bonds. The van der Waals surface area contributed by atoms with Crippen LogP contribution in [0.15, 0.2) is 47.8 Å². The van der Waals surface area contributed by atoms with E-state index in [0.717, 1.165) is 60.7 Å². The number of aromatic nitrogens is 2. The first-order valence-electron chi connectivity index (χ1n) is 10.2. The highest BCUT2D eigenvalue weighted by atomic mass is 35.5. The second-order valence-corrected chi connectivity index (χ2v) is 8.35. The molecule has 1 aliphatic heterocycles. The van der Waals surface area contributed by atoms with Crippen LogP contribution in [0.25, 0.3) is 10.8 Å². The Hall–Kier alpha value is -2.50. The van der Waals surface area contributed by atoms with E-state index in [9.17, 15) is 5.11 Å². The number of nitrogens with zero attached hydrogens (tertiary/aromatic N) is 4. The third kappa shape index (κ3) is 3.61. The molecule has 0 saturated heterocycles. The maximum atomic E-state index is 10.5. The van der Waals surface area contributed by atoms with Crippen LogP contribution in [0.3, 0.4) is 0 Å². The highest BCUT2D eigenvalue weighted by molar-refractivity contribution is 6.29. The van der Waals surface area contributed by atoms with Gasteiger partial charge in [0, 0.05) is 35.9 Å². The number of hydrogen-bond acceptors (Lipinski definition) is 5. The third-order valence-corrected chi connectivity index (χ3v) is 6.29. The number of halogens is 1. The van der Waals surface area contributed by atoms with E-state index in [1.54, 1.807) is 0 Å². The van der Waals surface area contributed by atoms with Crippen molar-refractivity contribution in [3.63, 3.8) is 0 Å². The quantitative estimate of drug-likeness (QED) is 0.643. The van der Waals surface area contributed by atoms with E-state index >= 15 is 0 Å². The Kier molecular flexibility index (Phi) is 4.94. The van der Waals surface area contributed by atoms with Gasteiger partial charge < -0.3 is 10.0 Å². The Morgan fingerprint density at radius 1 is 1.10 bits per heavy atom. The minimum atomic E-state index is -0.277. The first-order valence-corrected chi connectivity index (χ1v) is 10.5. The zero-order valence-corrected chi connectivity index (χ0v) is 16.9. The molecule has 1 saturated carbocycles. The summed E-state index contributed by atoms with van der Waals surface area (Å²) in [5.41, 5.74) is 4.53. The van der Waals surface area contributed by atoms with Crippen LogP contribution in [0.1, 0.15) is 42.4 Å². The molecule has 1 aliphatic carbocycles. The zero-order chi connectivity index (χ0) is 19.8. The molecule has 2 unspecified atom stereocenters. The van der Waals surface area contributed by atoms with Crippen LogP contribution in [-0.2, 0) is 13.0 Å². The van der Waals surface area contributed by atoms with Crippen molar-refractivity contribution in [3.8, 4) is 0 Å². The summed E-state index contributed by atoms with van der Waals surface area (Å²) in [6.45, 7) is 0.769. The fourth-order valence-corrected chi connectivity index (χ4v) is 4.70. The molecule has 1 N–H and O–H groups in total. The molecule has 0 bridgehead atoms. The molecular weight excluding hydrogens is 384 g/mol. The highest BCUT2D eigenvalue weighted by Gasteiger charge is 2.29. The summed E-state index contributed by atoms with van der Waals surface area (Å²) in [6.07, 6.45) is 12.1. The van der Waals surface area contributed by atoms with Gasteiger partial charge >= 0.3 is 0 Å². The molecular formula is C23H23ClN4O. The summed E-state index contributed by atoms with van der Waals surface area (Å²) < 4.78 is 0. The van der Waals surface area contributed by atoms with E-state index < -0.39 is 0 Å². The predicted molar refractivity (Wildman–Crippen MR) is 116 cm³/mol. The van der Waals surface area contributed by atoms with Crippen LogP contribution >= 0.6 is 11.6 Å². The van der Waals surface area contributed by atoms with Crippen molar-refractivity contribution in [3.05, 3.63) is 64.7 Å². The molecule has 29 heavy (non-hydrogen) atoms. The number of pyridine rings is 2. The number of fused-ring (bicyclic) bond motifs is 3. The molecule has 1 fully saturated rings. The Bertz CT molecular complexity index is 1070. The minimum absolute atomic E-state index is 0.151. The van der Waals surface area contributed by atoms with Gasteiger partial charge in [-0.1, -0.05) is 36.6 Å². The van der Waals surface area contributed by atoms with Crippen molar-refractivity contribution in [2.45, 2.75) is 50.8 Å². The largest absolute Gasteiger partial charge is 0.391 e. The van der Waals surface area contributed by atoms with Gasteiger partial charge in [-0.3, -0.25) is 4.98 Å². The van der Waals surface area contributed by atoms with Gasteiger partial charge in [-0.25, -0.2) is 9.98 Å². The molecule has 0 radical (unpaired) electrons. The Labute approximate surface area is 175 Å². The van der Waals surface area contributed by atoms with Gasteiger partial charge in [0.25, 0.3) is 0 Å². The van der Waals surface area contributed by atoms with Crippen molar-refractivity contribution in [2.75, 3.05) is 0 Å². The number of aliphatic hydroxyl groups excluding tert-OH is 1. The van der Waals surface area contributed by atoms with Crippen LogP contribution in [0, 0.1) is 0 Å². The summed E-state index contributed by atoms with van der Waals surface area (Å²) in [4.78, 5) is 15.6. The lowest BCUT2D eigenvalue weighted by Gasteiger charge is -2.38. The number of aliphatic hydroxyl groups is 1. The van der Waals surface area contributed by atoms with Gasteiger partial charge in [0.05, 0.1) is 24.2 Å². The van der Waals surface area contributed by atoms with Crippen molar-refractivity contribution < 1.29 is 5.11 Å². The SMILES string of the molecule is OC1CCCCC1N1C=Nc2c(cc(Cc3ccc(Cl)nc3)c3cnccc23)C1. The average Bonchev–Trinajstić information content (AvgIpc) is 2.75. The molecule has 5 rings (SSSR count). The summed E-state index contributed by atoms with van der Waals surface area (Å²) >= 11 is 5.94. The molecule has 2 aliphatic rings. The number of aliphatic imine (C=N–C) groups is 1. The van der Waals surface area contributed by atoms with Crippen LogP contribution in [-0.4, -0.2) is 38.5 Å². The Morgan fingerprint density at radius 3 is 2.83 bits per heavy atom. The van der Waals surface area contributed by atoms with Gasteiger partial charge in [0.2, 0.25) is 0 Å². The average molecular weight is 407 g/mol. The standard InChI is InChI=1S/C23H23ClN4O/c24-22-6-5-15(11-26-22)9-16-10-17-13-28(20-3-1-2-4-21(20)29)14-27-23(17)18-7-8-25-12-19(16)18/h5-8,10-12,14,20-21,29H,1-4,9,13H2. The Morgan fingerprint density at radius 2 is 2.00 bits per heavy atom. The van der Waals surface area contributed by atoms with Crippen molar-refractivity contribution in [1.29, 1.82) is 0 Å². The van der Waals surface area contributed by atoms with Gasteiger partial charge in [0.1, 0.15) is 5.15 Å². The van der Waals surface area contributed by atoms with Crippen LogP contribution in [0.5, 0.6) is 0 Å². The monoisotopic (exact) mass is 406 g/mol. The fraction of sp³-hybridized carbons (Fsp3) is 0.348. The number of hydrogen-bond donors (Lipinski definition) is 1. The third-order valence-electron chi connectivity index (χ3n) is 6.07. The molecule has 0 spiro atoms. The summed E-state index contributed by atoms with van der Waals surface area (Å²) in [5, 5.41) is 13.2. The molecule has 2 atom stereocenters. The second-order valence-electron chi connectivity index (χ2n) is 7.97. The van der Waals surface area contributed by atoms with E-state index in [4.69, 9.17) is 16.6 Å². The van der Waals surface area contributed by atoms with Gasteiger partial charge in [-0.15, -0.1) is 0 Å². The lowest BCUT2D eigenvalue weighted by molar-refractivity contribution is 0.0496. The molecule has 148 valence electrons. The summed E-state index contributed by atoms with van der Waals surface area (Å²) in [5.74, 6) is 0. The topological polar surface area (TPSA) is 61.6 Å². The lowest BCUT2D eigenvalue weighted by Crippen LogP contribution is -2.45. The second kappa shape index (κ2) is 7.73. The fourth-order valence-electron chi connectivity index (χ4n) is 4.59. The van der Waals surface area contributed by atoms with E-state index in [1.165, 1.54) is 11.1 Å². The normalized spacial score (nSPS) is 21.4. The van der Waals surface area contributed by atoms with E-state index in [0.29, 0.717) is 5.15 Å². The smallest absolute Gasteiger partial charge is 0.129 e. The Balaban J connectivity index is 1.53. The van der Waals surface area contributed by atoms with E-state index in [2.05, 4.69) is 20.9 Å². The van der Waals surface area contributed by atoms with E-state index in [1.807, 2.05) is 43.1 Å². The van der Waals surface area contributed by atoms with Crippen molar-refractivity contribution in [1.82, 2.24) is 14.9 Å². The highest BCUT2D eigenvalue weighted by Crippen LogP contribution is 2.37. The predicted octanol–water partition coefficient (Wildman–Crippen LogP) is 4.65. The zero-order valence-electron chi connectivity index (χ0n) is 16.1. The molecule has 5 nitrogen and oxygen atoms in total. The van der Waals surface area contributed by atoms with Gasteiger partial charge in [-0.2, -0.15) is 0 Å². The van der Waals surface area contributed by atoms with Crippen LogP contribution in [0.4, 0.5) is 5.69 Å². The molecule has 3 heterocycles. The van der Waals surface area contributed by atoms with E-state index in [-0.39, 0.29) is 12.1 Å². The maximum Gasteiger partial charge on any atom is 0.129 e. The lowest BCUT2D eigenvalue weighted by atomic mass is 9.90.